The van der Waals surface area contributed by atoms with Crippen LogP contribution in [0.15, 0.2) is 47.1 Å². The zero-order valence-electron chi connectivity index (χ0n) is 13.4. The predicted molar refractivity (Wildman–Crippen MR) is 97.5 cm³/mol. The lowest BCUT2D eigenvalue weighted by molar-refractivity contribution is -0.385. The minimum atomic E-state index is -0.424. The minimum absolute atomic E-state index is 0.00765. The second-order valence-corrected chi connectivity index (χ2v) is 6.39. The summed E-state index contributed by atoms with van der Waals surface area (Å²) >= 11 is 3.42. The van der Waals surface area contributed by atoms with Gasteiger partial charge in [0.05, 0.1) is 11.5 Å². The summed E-state index contributed by atoms with van der Waals surface area (Å²) in [6, 6.07) is 10.6. The Hall–Kier alpha value is -2.15. The number of nitrogens with zero attached hydrogens (tertiary/aromatic N) is 2. The van der Waals surface area contributed by atoms with Crippen LogP contribution in [0.5, 0.6) is 5.75 Å². The number of rotatable bonds is 9. The van der Waals surface area contributed by atoms with Crippen molar-refractivity contribution in [2.24, 2.45) is 0 Å². The van der Waals surface area contributed by atoms with Crippen molar-refractivity contribution in [3.05, 3.63) is 57.2 Å². The fourth-order valence-electron chi connectivity index (χ4n) is 2.27. The predicted octanol–water partition coefficient (Wildman–Crippen LogP) is 4.80. The number of pyridine rings is 1. The van der Waals surface area contributed by atoms with Gasteiger partial charge in [0.25, 0.3) is 0 Å². The van der Waals surface area contributed by atoms with Crippen LogP contribution < -0.4 is 10.1 Å². The van der Waals surface area contributed by atoms with E-state index in [0.29, 0.717) is 12.4 Å². The van der Waals surface area contributed by atoms with E-state index in [1.54, 1.807) is 24.4 Å². The van der Waals surface area contributed by atoms with E-state index in [0.717, 1.165) is 29.6 Å². The third kappa shape index (κ3) is 5.81. The standard InChI is InChI=1S/C17H20BrN3O3/c1-13(20-17-12-14(18)9-10-19-17)6-4-5-11-24-16-8-3-2-7-15(16)21(22)23/h2-3,7-10,12-13H,4-6,11H2,1H3,(H,19,20). The van der Waals surface area contributed by atoms with E-state index in [1.807, 2.05) is 12.1 Å². The van der Waals surface area contributed by atoms with E-state index in [-0.39, 0.29) is 11.7 Å². The summed E-state index contributed by atoms with van der Waals surface area (Å²) in [5.74, 6) is 1.17. The fourth-order valence-corrected chi connectivity index (χ4v) is 2.61. The van der Waals surface area contributed by atoms with Gasteiger partial charge in [-0.05, 0) is 44.4 Å². The lowest BCUT2D eigenvalue weighted by atomic mass is 10.1. The molecule has 0 aliphatic heterocycles. The molecule has 1 aromatic heterocycles. The molecular formula is C17H20BrN3O3. The van der Waals surface area contributed by atoms with Crippen molar-refractivity contribution in [2.45, 2.75) is 32.2 Å². The molecule has 0 saturated carbocycles. The first kappa shape index (κ1) is 18.2. The Labute approximate surface area is 149 Å². The molecule has 0 fully saturated rings. The maximum atomic E-state index is 10.9. The average molecular weight is 394 g/mol. The molecule has 0 amide bonds. The van der Waals surface area contributed by atoms with Gasteiger partial charge in [0.15, 0.2) is 5.75 Å². The molecule has 0 aliphatic carbocycles. The van der Waals surface area contributed by atoms with E-state index in [1.165, 1.54) is 6.07 Å². The number of aromatic nitrogens is 1. The largest absolute Gasteiger partial charge is 0.487 e. The molecule has 0 saturated heterocycles. The number of hydrogen-bond acceptors (Lipinski definition) is 5. The molecular weight excluding hydrogens is 374 g/mol. The van der Waals surface area contributed by atoms with E-state index in [4.69, 9.17) is 4.74 Å². The molecule has 0 radical (unpaired) electrons. The van der Waals surface area contributed by atoms with Gasteiger partial charge < -0.3 is 10.1 Å². The molecule has 24 heavy (non-hydrogen) atoms. The molecule has 1 aromatic carbocycles. The lowest BCUT2D eigenvalue weighted by Gasteiger charge is -2.14. The van der Waals surface area contributed by atoms with Gasteiger partial charge in [-0.15, -0.1) is 0 Å². The quantitative estimate of drug-likeness (QED) is 0.376. The number of nitro groups is 1. The summed E-state index contributed by atoms with van der Waals surface area (Å²) in [6.07, 6.45) is 4.51. The van der Waals surface area contributed by atoms with Crippen molar-refractivity contribution in [1.82, 2.24) is 4.98 Å². The highest BCUT2D eigenvalue weighted by Gasteiger charge is 2.13. The van der Waals surface area contributed by atoms with Crippen LogP contribution in [0.25, 0.3) is 0 Å². The first-order chi connectivity index (χ1) is 11.6. The van der Waals surface area contributed by atoms with Crippen LogP contribution in [-0.2, 0) is 0 Å². The zero-order chi connectivity index (χ0) is 17.4. The van der Waals surface area contributed by atoms with Gasteiger partial charge in [-0.3, -0.25) is 10.1 Å². The Balaban J connectivity index is 1.69. The second-order valence-electron chi connectivity index (χ2n) is 5.47. The summed E-state index contributed by atoms with van der Waals surface area (Å²) in [5.41, 5.74) is 0.00765. The maximum Gasteiger partial charge on any atom is 0.310 e. The summed E-state index contributed by atoms with van der Waals surface area (Å²) in [7, 11) is 0. The van der Waals surface area contributed by atoms with Gasteiger partial charge in [0, 0.05) is 22.8 Å². The summed E-state index contributed by atoms with van der Waals surface area (Å²) in [6.45, 7) is 2.57. The van der Waals surface area contributed by atoms with Crippen LogP contribution in [0.3, 0.4) is 0 Å². The van der Waals surface area contributed by atoms with E-state index in [9.17, 15) is 10.1 Å². The summed E-state index contributed by atoms with van der Waals surface area (Å²) in [5, 5.41) is 14.2. The Kier molecular flexibility index (Phi) is 6.99. The smallest absolute Gasteiger partial charge is 0.310 e. The molecule has 6 nitrogen and oxygen atoms in total. The van der Waals surface area contributed by atoms with Gasteiger partial charge >= 0.3 is 5.69 Å². The second kappa shape index (κ2) is 9.22. The number of unbranched alkanes of at least 4 members (excludes halogenated alkanes) is 1. The van der Waals surface area contributed by atoms with Gasteiger partial charge in [-0.25, -0.2) is 4.98 Å². The first-order valence-electron chi connectivity index (χ1n) is 7.80. The van der Waals surface area contributed by atoms with Crippen LogP contribution in [-0.4, -0.2) is 22.6 Å². The molecule has 0 spiro atoms. The third-order valence-electron chi connectivity index (χ3n) is 3.47. The summed E-state index contributed by atoms with van der Waals surface area (Å²) in [4.78, 5) is 14.7. The normalized spacial score (nSPS) is 11.8. The van der Waals surface area contributed by atoms with Crippen molar-refractivity contribution in [3.8, 4) is 5.75 Å². The van der Waals surface area contributed by atoms with E-state index in [2.05, 4.69) is 33.2 Å². The van der Waals surface area contributed by atoms with E-state index >= 15 is 0 Å². The van der Waals surface area contributed by atoms with Crippen LogP contribution in [0.1, 0.15) is 26.2 Å². The SMILES string of the molecule is CC(CCCCOc1ccccc1[N+](=O)[O-])Nc1cc(Br)ccn1. The number of nitrogens with one attached hydrogen (secondary N) is 1. The minimum Gasteiger partial charge on any atom is -0.487 e. The van der Waals surface area contributed by atoms with Gasteiger partial charge in [0.2, 0.25) is 0 Å². The van der Waals surface area contributed by atoms with Crippen molar-refractivity contribution in [3.63, 3.8) is 0 Å². The molecule has 2 rings (SSSR count). The number of halogens is 1. The summed E-state index contributed by atoms with van der Waals surface area (Å²) < 4.78 is 6.52. The maximum absolute atomic E-state index is 10.9. The Morgan fingerprint density at radius 3 is 2.88 bits per heavy atom. The highest BCUT2D eigenvalue weighted by molar-refractivity contribution is 9.10. The zero-order valence-corrected chi connectivity index (χ0v) is 15.0. The lowest BCUT2D eigenvalue weighted by Crippen LogP contribution is -2.16. The van der Waals surface area contributed by atoms with Crippen molar-refractivity contribution < 1.29 is 9.66 Å². The number of nitro benzene ring substituents is 1. The first-order valence-corrected chi connectivity index (χ1v) is 8.60. The van der Waals surface area contributed by atoms with Crippen LogP contribution in [0.2, 0.25) is 0 Å². The van der Waals surface area contributed by atoms with Crippen molar-refractivity contribution in [2.75, 3.05) is 11.9 Å². The molecule has 0 bridgehead atoms. The fraction of sp³-hybridized carbons (Fsp3) is 0.353. The third-order valence-corrected chi connectivity index (χ3v) is 3.96. The molecule has 2 aromatic rings. The van der Waals surface area contributed by atoms with Crippen LogP contribution >= 0.6 is 15.9 Å². The van der Waals surface area contributed by atoms with Gasteiger partial charge in [0.1, 0.15) is 5.82 Å². The monoisotopic (exact) mass is 393 g/mol. The van der Waals surface area contributed by atoms with Gasteiger partial charge in [-0.1, -0.05) is 28.1 Å². The Bertz CT molecular complexity index is 682. The molecule has 1 atom stereocenters. The van der Waals surface area contributed by atoms with Crippen molar-refractivity contribution >= 4 is 27.4 Å². The van der Waals surface area contributed by atoms with E-state index < -0.39 is 4.92 Å². The van der Waals surface area contributed by atoms with Crippen LogP contribution in [0, 0.1) is 10.1 Å². The molecule has 128 valence electrons. The molecule has 7 heteroatoms. The molecule has 1 heterocycles. The molecule has 0 aliphatic rings. The topological polar surface area (TPSA) is 77.3 Å². The Morgan fingerprint density at radius 1 is 1.33 bits per heavy atom. The molecule has 1 N–H and O–H groups in total. The van der Waals surface area contributed by atoms with Crippen molar-refractivity contribution in [1.29, 1.82) is 0 Å². The number of hydrogen-bond donors (Lipinski definition) is 1. The number of para-hydroxylation sites is 2. The average Bonchev–Trinajstić information content (AvgIpc) is 2.54. The molecule has 1 unspecified atom stereocenters. The highest BCUT2D eigenvalue weighted by atomic mass is 79.9. The van der Waals surface area contributed by atoms with Crippen LogP contribution in [0.4, 0.5) is 11.5 Å². The number of benzene rings is 1. The Morgan fingerprint density at radius 2 is 2.12 bits per heavy atom. The number of anilines is 1. The highest BCUT2D eigenvalue weighted by Crippen LogP contribution is 2.26. The number of ether oxygens (including phenoxy) is 1. The van der Waals surface area contributed by atoms with Gasteiger partial charge in [-0.2, -0.15) is 0 Å².